The maximum Gasteiger partial charge on any atom is 0.337 e. The fourth-order valence-electron chi connectivity index (χ4n) is 3.29. The van der Waals surface area contributed by atoms with Crippen LogP contribution in [0.3, 0.4) is 0 Å². The van der Waals surface area contributed by atoms with Gasteiger partial charge >= 0.3 is 5.97 Å². The number of hydrogen-bond acceptors (Lipinski definition) is 6. The molecular formula is C20H24N2O6S. The molecule has 29 heavy (non-hydrogen) atoms. The largest absolute Gasteiger partial charge is 0.494 e. The van der Waals surface area contributed by atoms with Crippen molar-refractivity contribution in [2.24, 2.45) is 0 Å². The molecule has 3 rings (SSSR count). The number of rotatable bonds is 7. The Morgan fingerprint density at radius 2 is 1.97 bits per heavy atom. The number of carbonyl (C=O) groups is 1. The van der Waals surface area contributed by atoms with Gasteiger partial charge in [0.25, 0.3) is 11.3 Å². The molecule has 2 unspecified atom stereocenters. The van der Waals surface area contributed by atoms with Crippen molar-refractivity contribution in [1.29, 1.82) is 0 Å². The van der Waals surface area contributed by atoms with Crippen LogP contribution < -0.4 is 13.9 Å². The van der Waals surface area contributed by atoms with E-state index in [0.29, 0.717) is 30.1 Å². The van der Waals surface area contributed by atoms with Gasteiger partial charge in [0.15, 0.2) is 0 Å². The topological polar surface area (TPSA) is 88.5 Å². The van der Waals surface area contributed by atoms with Gasteiger partial charge in [0.2, 0.25) is 0 Å². The summed E-state index contributed by atoms with van der Waals surface area (Å²) < 4.78 is 39.6. The van der Waals surface area contributed by atoms with Gasteiger partial charge in [-0.1, -0.05) is 18.2 Å². The zero-order valence-electron chi connectivity index (χ0n) is 16.3. The second-order valence-electron chi connectivity index (χ2n) is 6.49. The van der Waals surface area contributed by atoms with Crippen molar-refractivity contribution in [2.45, 2.75) is 18.9 Å². The van der Waals surface area contributed by atoms with E-state index in [1.807, 2.05) is 30.3 Å². The first-order valence-corrected chi connectivity index (χ1v) is 10.2. The third kappa shape index (κ3) is 5.06. The van der Waals surface area contributed by atoms with Crippen LogP contribution in [-0.2, 0) is 16.0 Å². The zero-order chi connectivity index (χ0) is 20.8. The van der Waals surface area contributed by atoms with E-state index in [9.17, 15) is 13.6 Å². The number of benzene rings is 2. The normalized spacial score (nSPS) is 18.0. The molecule has 1 fully saturated rings. The molecule has 9 heteroatoms. The molecule has 156 valence electrons. The van der Waals surface area contributed by atoms with Crippen LogP contribution in [0.1, 0.15) is 23.2 Å². The lowest BCUT2D eigenvalue weighted by molar-refractivity contribution is 0.0600. The summed E-state index contributed by atoms with van der Waals surface area (Å²) in [6.45, 7) is 1.02. The van der Waals surface area contributed by atoms with Crippen molar-refractivity contribution in [1.82, 2.24) is 5.01 Å². The molecule has 0 spiro atoms. The maximum atomic E-state index is 12.2. The summed E-state index contributed by atoms with van der Waals surface area (Å²) in [5, 5.41) is 1.77. The predicted octanol–water partition coefficient (Wildman–Crippen LogP) is 2.88. The summed E-state index contributed by atoms with van der Waals surface area (Å²) in [6.07, 6.45) is 1.52. The number of carbonyl (C=O) groups excluding carboxylic acids is 1. The van der Waals surface area contributed by atoms with Crippen molar-refractivity contribution in [3.8, 4) is 11.5 Å². The van der Waals surface area contributed by atoms with Crippen LogP contribution in [0.2, 0.25) is 0 Å². The number of ether oxygens (including phenoxy) is 3. The number of hydrogen-bond donors (Lipinski definition) is 1. The molecular weight excluding hydrogens is 396 g/mol. The van der Waals surface area contributed by atoms with Crippen LogP contribution in [0.4, 0.5) is 5.69 Å². The second kappa shape index (κ2) is 9.73. The van der Waals surface area contributed by atoms with Crippen molar-refractivity contribution < 1.29 is 27.8 Å². The van der Waals surface area contributed by atoms with E-state index in [1.165, 1.54) is 30.8 Å². The summed E-state index contributed by atoms with van der Waals surface area (Å²) in [5.74, 6) is 0.540. The highest BCUT2D eigenvalue weighted by molar-refractivity contribution is 7.80. The van der Waals surface area contributed by atoms with E-state index < -0.39 is 17.2 Å². The minimum absolute atomic E-state index is 0.127. The van der Waals surface area contributed by atoms with E-state index in [4.69, 9.17) is 14.2 Å². The molecule has 8 nitrogen and oxygen atoms in total. The van der Waals surface area contributed by atoms with Gasteiger partial charge in [-0.15, -0.1) is 0 Å². The van der Waals surface area contributed by atoms with Crippen LogP contribution in [0.25, 0.3) is 0 Å². The summed E-state index contributed by atoms with van der Waals surface area (Å²) in [7, 11) is 2.73. The summed E-state index contributed by atoms with van der Waals surface area (Å²) in [5.41, 5.74) is 0.669. The lowest BCUT2D eigenvalue weighted by Crippen LogP contribution is -2.51. The Bertz CT molecular complexity index is 863. The molecule has 1 heterocycles. The summed E-state index contributed by atoms with van der Waals surface area (Å²) >= 11 is -2.34. The van der Waals surface area contributed by atoms with Crippen molar-refractivity contribution >= 4 is 22.9 Å². The first-order chi connectivity index (χ1) is 14.0. The van der Waals surface area contributed by atoms with Crippen LogP contribution in [0.15, 0.2) is 48.5 Å². The molecule has 0 amide bonds. The van der Waals surface area contributed by atoms with Crippen LogP contribution >= 0.6 is 0 Å². The monoisotopic (exact) mass is 420 g/mol. The average Bonchev–Trinajstić information content (AvgIpc) is 2.74. The van der Waals surface area contributed by atoms with E-state index in [-0.39, 0.29) is 6.10 Å². The predicted molar refractivity (Wildman–Crippen MR) is 109 cm³/mol. The van der Waals surface area contributed by atoms with Crippen molar-refractivity contribution in [2.75, 3.05) is 31.7 Å². The average molecular weight is 420 g/mol. The fraction of sp³-hybridized carbons (Fsp3) is 0.350. The summed E-state index contributed by atoms with van der Waals surface area (Å²) in [4.78, 5) is 11.8. The van der Waals surface area contributed by atoms with Gasteiger partial charge in [0, 0.05) is 6.54 Å². The molecule has 2 atom stereocenters. The van der Waals surface area contributed by atoms with Gasteiger partial charge in [0.1, 0.15) is 23.3 Å². The molecule has 1 aliphatic rings. The molecule has 0 radical (unpaired) electrons. The molecule has 1 saturated heterocycles. The quantitative estimate of drug-likeness (QED) is 0.544. The second-order valence-corrected chi connectivity index (χ2v) is 7.30. The van der Waals surface area contributed by atoms with Gasteiger partial charge in [0.05, 0.1) is 26.3 Å². The van der Waals surface area contributed by atoms with Gasteiger partial charge in [-0.25, -0.2) is 14.0 Å². The van der Waals surface area contributed by atoms with Crippen LogP contribution in [0, 0.1) is 0 Å². The number of anilines is 1. The molecule has 0 bridgehead atoms. The van der Waals surface area contributed by atoms with Crippen LogP contribution in [0.5, 0.6) is 11.5 Å². The lowest BCUT2D eigenvalue weighted by atomic mass is 10.1. The SMILES string of the molecule is COC(=O)c1ccc(N(N2CCCC(Oc3ccccc3)C2)S(=O)O)c(OC)c1. The third-order valence-corrected chi connectivity index (χ3v) is 5.34. The molecule has 1 N–H and O–H groups in total. The van der Waals surface area contributed by atoms with Gasteiger partial charge in [-0.3, -0.25) is 4.55 Å². The number of para-hydroxylation sites is 1. The molecule has 0 aromatic heterocycles. The Balaban J connectivity index is 1.84. The highest BCUT2D eigenvalue weighted by Crippen LogP contribution is 2.33. The Hall–Kier alpha value is -2.62. The number of methoxy groups -OCH3 is 2. The van der Waals surface area contributed by atoms with Crippen LogP contribution in [-0.4, -0.2) is 53.2 Å². The Kier molecular flexibility index (Phi) is 7.08. The summed E-state index contributed by atoms with van der Waals surface area (Å²) in [6, 6.07) is 14.1. The minimum Gasteiger partial charge on any atom is -0.494 e. The molecule has 0 saturated carbocycles. The first kappa shape index (κ1) is 21.1. The molecule has 0 aliphatic carbocycles. The van der Waals surface area contributed by atoms with Gasteiger partial charge < -0.3 is 14.2 Å². The number of piperidine rings is 1. The zero-order valence-corrected chi connectivity index (χ0v) is 17.1. The fourth-order valence-corrected chi connectivity index (χ4v) is 3.95. The highest BCUT2D eigenvalue weighted by Gasteiger charge is 2.31. The van der Waals surface area contributed by atoms with Gasteiger partial charge in [-0.2, -0.15) is 4.41 Å². The Morgan fingerprint density at radius 1 is 1.21 bits per heavy atom. The molecule has 2 aromatic rings. The van der Waals surface area contributed by atoms with E-state index >= 15 is 0 Å². The minimum atomic E-state index is -2.34. The van der Waals surface area contributed by atoms with E-state index in [1.54, 1.807) is 11.1 Å². The maximum absolute atomic E-state index is 12.2. The van der Waals surface area contributed by atoms with Crippen molar-refractivity contribution in [3.05, 3.63) is 54.1 Å². The standard InChI is InChI=1S/C20H24N2O6S/c1-26-19-13-15(20(23)27-2)10-11-18(19)22(29(24)25)21-12-6-9-17(14-21)28-16-7-4-3-5-8-16/h3-5,7-8,10-11,13,17H,6,9,12,14H2,1-2H3,(H,24,25). The third-order valence-electron chi connectivity index (χ3n) is 4.61. The number of nitrogens with zero attached hydrogens (tertiary/aromatic N) is 2. The lowest BCUT2D eigenvalue weighted by Gasteiger charge is -2.39. The number of hydrazine groups is 1. The Morgan fingerprint density at radius 3 is 2.62 bits per heavy atom. The number of esters is 1. The van der Waals surface area contributed by atoms with Gasteiger partial charge in [-0.05, 0) is 43.2 Å². The molecule has 1 aliphatic heterocycles. The highest BCUT2D eigenvalue weighted by atomic mass is 32.2. The first-order valence-electron chi connectivity index (χ1n) is 9.17. The van der Waals surface area contributed by atoms with Crippen molar-refractivity contribution in [3.63, 3.8) is 0 Å². The van der Waals surface area contributed by atoms with E-state index in [0.717, 1.165) is 18.6 Å². The Labute approximate surface area is 172 Å². The smallest absolute Gasteiger partial charge is 0.337 e. The van der Waals surface area contributed by atoms with E-state index in [2.05, 4.69) is 0 Å². The molecule has 2 aromatic carbocycles.